The fourth-order valence-corrected chi connectivity index (χ4v) is 6.02. The van der Waals surface area contributed by atoms with Crippen molar-refractivity contribution in [2.24, 2.45) is 5.73 Å². The monoisotopic (exact) mass is 766 g/mol. The zero-order valence-corrected chi connectivity index (χ0v) is 34.4. The predicted molar refractivity (Wildman–Crippen MR) is 219 cm³/mol. The summed E-state index contributed by atoms with van der Waals surface area (Å²) in [7, 11) is -4.39. The second kappa shape index (κ2) is 39.4. The van der Waals surface area contributed by atoms with Crippen LogP contribution in [0, 0.1) is 0 Å². The molecule has 0 radical (unpaired) electrons. The minimum atomic E-state index is -4.39. The van der Waals surface area contributed by atoms with Gasteiger partial charge in [0.15, 0.2) is 6.10 Å². The molecule has 9 nitrogen and oxygen atoms in total. The number of unbranched alkanes of at least 4 members (excludes halogenated alkanes) is 15. The topological polar surface area (TPSA) is 134 Å². The SMILES string of the molecule is CCCC/C=C/CCCCCCCCCCCC(=O)O[C@H](COC(=O)CCC/C=C/C/C=C/C/C=C/C/C=C/CCCCC)COP(=O)(O)OCCN. The molecule has 10 heteroatoms. The molecule has 0 amide bonds. The molecule has 0 aliphatic heterocycles. The molecule has 3 N–H and O–H groups in total. The summed E-state index contributed by atoms with van der Waals surface area (Å²) >= 11 is 0. The highest BCUT2D eigenvalue weighted by Gasteiger charge is 2.25. The number of carbonyl (C=O) groups excluding carboxylic acids is 2. The van der Waals surface area contributed by atoms with E-state index < -0.39 is 32.5 Å². The van der Waals surface area contributed by atoms with E-state index >= 15 is 0 Å². The van der Waals surface area contributed by atoms with Crippen LogP contribution in [0.1, 0.15) is 168 Å². The van der Waals surface area contributed by atoms with Crippen LogP contribution in [-0.2, 0) is 32.7 Å². The van der Waals surface area contributed by atoms with Crippen molar-refractivity contribution in [1.82, 2.24) is 0 Å². The largest absolute Gasteiger partial charge is 0.472 e. The van der Waals surface area contributed by atoms with Gasteiger partial charge in [-0.1, -0.05) is 145 Å². The molecule has 0 rings (SSSR count). The molecule has 0 fully saturated rings. The molecular formula is C43H76NO8P. The fraction of sp³-hybridized carbons (Fsp3) is 0.721. The van der Waals surface area contributed by atoms with E-state index in [2.05, 4.69) is 68.5 Å². The van der Waals surface area contributed by atoms with E-state index in [1.807, 2.05) is 6.08 Å². The van der Waals surface area contributed by atoms with Crippen LogP contribution in [0.4, 0.5) is 0 Å². The van der Waals surface area contributed by atoms with E-state index in [0.29, 0.717) is 12.8 Å². The van der Waals surface area contributed by atoms with E-state index in [1.165, 1.54) is 83.5 Å². The van der Waals surface area contributed by atoms with Gasteiger partial charge in [-0.25, -0.2) is 4.57 Å². The number of allylic oxidation sites excluding steroid dienone is 10. The normalized spacial score (nSPS) is 14.0. The summed E-state index contributed by atoms with van der Waals surface area (Å²) in [5.41, 5.74) is 5.34. The Kier molecular flexibility index (Phi) is 37.7. The Hall–Kier alpha value is -2.29. The van der Waals surface area contributed by atoms with Gasteiger partial charge in [0.25, 0.3) is 0 Å². The number of esters is 2. The Bertz CT molecular complexity index is 1050. The molecule has 53 heavy (non-hydrogen) atoms. The Balaban J connectivity index is 4.28. The first-order valence-electron chi connectivity index (χ1n) is 20.8. The van der Waals surface area contributed by atoms with Crippen LogP contribution >= 0.6 is 7.82 Å². The molecule has 0 aromatic carbocycles. The molecule has 306 valence electrons. The summed E-state index contributed by atoms with van der Waals surface area (Å²) in [5, 5.41) is 0. The van der Waals surface area contributed by atoms with Gasteiger partial charge < -0.3 is 20.1 Å². The average molecular weight is 766 g/mol. The second-order valence-corrected chi connectivity index (χ2v) is 14.9. The summed E-state index contributed by atoms with van der Waals surface area (Å²) in [6, 6.07) is 0. The van der Waals surface area contributed by atoms with Crippen molar-refractivity contribution in [3.05, 3.63) is 60.8 Å². The Morgan fingerprint density at radius 2 is 1.02 bits per heavy atom. The van der Waals surface area contributed by atoms with Crippen molar-refractivity contribution in [2.75, 3.05) is 26.4 Å². The molecule has 2 atom stereocenters. The zero-order chi connectivity index (χ0) is 38.9. The van der Waals surface area contributed by atoms with E-state index in [-0.39, 0.29) is 32.6 Å². The van der Waals surface area contributed by atoms with Gasteiger partial charge >= 0.3 is 19.8 Å². The van der Waals surface area contributed by atoms with Crippen molar-refractivity contribution in [3.63, 3.8) is 0 Å². The van der Waals surface area contributed by atoms with Crippen LogP contribution in [0.5, 0.6) is 0 Å². The second-order valence-electron chi connectivity index (χ2n) is 13.5. The van der Waals surface area contributed by atoms with Gasteiger partial charge in [-0.3, -0.25) is 18.6 Å². The summed E-state index contributed by atoms with van der Waals surface area (Å²) in [6.07, 6.45) is 45.4. The highest BCUT2D eigenvalue weighted by atomic mass is 31.2. The number of rotatable bonds is 38. The van der Waals surface area contributed by atoms with Crippen molar-refractivity contribution >= 4 is 19.8 Å². The summed E-state index contributed by atoms with van der Waals surface area (Å²) in [4.78, 5) is 34.8. The van der Waals surface area contributed by atoms with Gasteiger partial charge in [-0.15, -0.1) is 0 Å². The number of phosphoric ester groups is 1. The van der Waals surface area contributed by atoms with Gasteiger partial charge in [-0.2, -0.15) is 0 Å². The van der Waals surface area contributed by atoms with E-state index in [0.717, 1.165) is 44.9 Å². The molecule has 1 unspecified atom stereocenters. The minimum Gasteiger partial charge on any atom is -0.462 e. The summed E-state index contributed by atoms with van der Waals surface area (Å²) in [5.74, 6) is -0.901. The molecule has 0 saturated carbocycles. The summed E-state index contributed by atoms with van der Waals surface area (Å²) in [6.45, 7) is 3.60. The summed E-state index contributed by atoms with van der Waals surface area (Å²) < 4.78 is 32.7. The van der Waals surface area contributed by atoms with Gasteiger partial charge in [0.1, 0.15) is 6.61 Å². The van der Waals surface area contributed by atoms with Gasteiger partial charge in [-0.05, 0) is 70.6 Å². The van der Waals surface area contributed by atoms with Crippen LogP contribution < -0.4 is 5.73 Å². The van der Waals surface area contributed by atoms with Crippen LogP contribution in [0.15, 0.2) is 60.8 Å². The van der Waals surface area contributed by atoms with Crippen molar-refractivity contribution in [3.8, 4) is 0 Å². The quantitative estimate of drug-likeness (QED) is 0.0272. The smallest absolute Gasteiger partial charge is 0.462 e. The molecule has 0 aliphatic carbocycles. The van der Waals surface area contributed by atoms with E-state index in [9.17, 15) is 19.0 Å². The maximum atomic E-state index is 12.6. The van der Waals surface area contributed by atoms with Crippen LogP contribution in [0.3, 0.4) is 0 Å². The number of hydrogen-bond donors (Lipinski definition) is 2. The van der Waals surface area contributed by atoms with Crippen molar-refractivity contribution < 1.29 is 37.6 Å². The zero-order valence-electron chi connectivity index (χ0n) is 33.5. The lowest BCUT2D eigenvalue weighted by Crippen LogP contribution is -2.29. The lowest BCUT2D eigenvalue weighted by molar-refractivity contribution is -0.161. The molecule has 0 aliphatic rings. The predicted octanol–water partition coefficient (Wildman–Crippen LogP) is 11.7. The van der Waals surface area contributed by atoms with Gasteiger partial charge in [0.2, 0.25) is 0 Å². The molecule has 0 aromatic rings. The molecule has 0 bridgehead atoms. The number of ether oxygens (including phenoxy) is 2. The van der Waals surface area contributed by atoms with E-state index in [1.54, 1.807) is 0 Å². The van der Waals surface area contributed by atoms with Crippen LogP contribution in [0.25, 0.3) is 0 Å². The molecule has 0 spiro atoms. The number of hydrogen-bond acceptors (Lipinski definition) is 8. The lowest BCUT2D eigenvalue weighted by Gasteiger charge is -2.19. The number of carbonyl (C=O) groups is 2. The van der Waals surface area contributed by atoms with Crippen molar-refractivity contribution in [2.45, 2.75) is 174 Å². The van der Waals surface area contributed by atoms with Crippen LogP contribution in [0.2, 0.25) is 0 Å². The maximum absolute atomic E-state index is 12.6. The first-order chi connectivity index (χ1) is 25.8. The third kappa shape index (κ3) is 39.2. The molecule has 0 aromatic heterocycles. The maximum Gasteiger partial charge on any atom is 0.472 e. The highest BCUT2D eigenvalue weighted by Crippen LogP contribution is 2.43. The number of phosphoric acid groups is 1. The third-order valence-corrected chi connectivity index (χ3v) is 9.36. The highest BCUT2D eigenvalue weighted by molar-refractivity contribution is 7.47. The average Bonchev–Trinajstić information content (AvgIpc) is 3.14. The van der Waals surface area contributed by atoms with Crippen LogP contribution in [-0.4, -0.2) is 49.3 Å². The Labute approximate surface area is 323 Å². The Morgan fingerprint density at radius 3 is 1.58 bits per heavy atom. The minimum absolute atomic E-state index is 0.0437. The Morgan fingerprint density at radius 1 is 0.566 bits per heavy atom. The molecule has 0 saturated heterocycles. The van der Waals surface area contributed by atoms with Gasteiger partial charge in [0, 0.05) is 19.4 Å². The standard InChI is InChI=1S/C43H76NO8P/c1-3-5-7-9-11-13-15-17-19-20-22-23-25-27-29-31-33-35-42(45)49-39-41(40-51-53(47,48)50-38-37-44)52-43(46)36-34-32-30-28-26-24-21-18-16-14-12-10-8-6-4-2/h10-13,17,19,22-23,27,29,41H,3-9,14-16,18,20-21,24-26,28,30-40,44H2,1-2H3,(H,47,48)/b12-10+,13-11+,19-17+,23-22+,29-27+/t41-/m1/s1. The first kappa shape index (κ1) is 50.7. The fourth-order valence-electron chi connectivity index (χ4n) is 5.25. The first-order valence-corrected chi connectivity index (χ1v) is 22.3. The van der Waals surface area contributed by atoms with E-state index in [4.69, 9.17) is 24.3 Å². The number of nitrogens with two attached hydrogens (primary N) is 1. The van der Waals surface area contributed by atoms with Crippen molar-refractivity contribution in [1.29, 1.82) is 0 Å². The third-order valence-electron chi connectivity index (χ3n) is 8.38. The van der Waals surface area contributed by atoms with Gasteiger partial charge in [0.05, 0.1) is 13.2 Å². The molecule has 0 heterocycles. The molecular weight excluding hydrogens is 689 g/mol. The lowest BCUT2D eigenvalue weighted by atomic mass is 10.1.